The van der Waals surface area contributed by atoms with E-state index in [0.29, 0.717) is 17.5 Å². The molecule has 2 heterocycles. The van der Waals surface area contributed by atoms with Crippen molar-refractivity contribution in [2.24, 2.45) is 0 Å². The maximum atomic E-state index is 6.32. The number of rotatable bonds is 5. The fourth-order valence-electron chi connectivity index (χ4n) is 8.83. The SMILES string of the molecule is c1ccc(-c2ccccc2-c2nc(-c3cccc(-c4ccc5ccc6ccc7oc8ccccc8c7c6c5c4)c3)nc(-c3ccc4c(ccc5ccccc54)c3)n2)cc1. The standard InChI is InChI=1S/C55H33N3O/c1-2-11-34(12-3-1)44-17-6-7-18-46(44)55-57-53(56-54(58-55)42-27-29-45-40(32-42)26-23-35-13-4-5-16-43(35)45)41-15-10-14-38(31-41)39-25-22-36-21-24-37-28-30-50-52(51(37)48(36)33-39)47-19-8-9-20-49(47)59-50/h1-33H. The molecule has 0 aliphatic heterocycles. The molecule has 59 heavy (non-hydrogen) atoms. The zero-order chi connectivity index (χ0) is 38.9. The van der Waals surface area contributed by atoms with Gasteiger partial charge in [-0.2, -0.15) is 0 Å². The molecular weight excluding hydrogens is 719 g/mol. The van der Waals surface area contributed by atoms with E-state index < -0.39 is 0 Å². The molecule has 10 aromatic carbocycles. The molecule has 12 aromatic rings. The molecule has 12 rings (SSSR count). The molecule has 0 unspecified atom stereocenters. The van der Waals surface area contributed by atoms with Crippen LogP contribution in [-0.2, 0) is 0 Å². The normalized spacial score (nSPS) is 11.7. The molecule has 0 N–H and O–H groups in total. The molecule has 2 aromatic heterocycles. The Morgan fingerprint density at radius 1 is 0.271 bits per heavy atom. The van der Waals surface area contributed by atoms with E-state index >= 15 is 0 Å². The minimum Gasteiger partial charge on any atom is -0.456 e. The van der Waals surface area contributed by atoms with Crippen LogP contribution in [0.15, 0.2) is 205 Å². The Kier molecular flexibility index (Phi) is 7.50. The first kappa shape index (κ1) is 33.2. The number of nitrogens with zero attached hydrogens (tertiary/aromatic N) is 3. The predicted octanol–water partition coefficient (Wildman–Crippen LogP) is 14.7. The second-order valence-electron chi connectivity index (χ2n) is 15.2. The van der Waals surface area contributed by atoms with Gasteiger partial charge in [-0.25, -0.2) is 15.0 Å². The number of hydrogen-bond donors (Lipinski definition) is 0. The first-order valence-corrected chi connectivity index (χ1v) is 19.9. The van der Waals surface area contributed by atoms with Gasteiger partial charge in [0.25, 0.3) is 0 Å². The quantitative estimate of drug-likeness (QED) is 0.164. The van der Waals surface area contributed by atoms with Crippen LogP contribution in [0.4, 0.5) is 0 Å². The zero-order valence-electron chi connectivity index (χ0n) is 31.8. The van der Waals surface area contributed by atoms with Crippen molar-refractivity contribution in [3.63, 3.8) is 0 Å². The Labute approximate surface area is 339 Å². The van der Waals surface area contributed by atoms with Crippen molar-refractivity contribution < 1.29 is 4.42 Å². The van der Waals surface area contributed by atoms with Gasteiger partial charge in [-0.3, -0.25) is 0 Å². The van der Waals surface area contributed by atoms with E-state index in [0.717, 1.165) is 66.3 Å². The molecular formula is C55H33N3O. The highest BCUT2D eigenvalue weighted by molar-refractivity contribution is 6.27. The van der Waals surface area contributed by atoms with Gasteiger partial charge in [-0.15, -0.1) is 0 Å². The largest absolute Gasteiger partial charge is 0.456 e. The summed E-state index contributed by atoms with van der Waals surface area (Å²) in [4.78, 5) is 15.7. The van der Waals surface area contributed by atoms with Crippen LogP contribution in [0.3, 0.4) is 0 Å². The summed E-state index contributed by atoms with van der Waals surface area (Å²) in [7, 11) is 0. The summed E-state index contributed by atoms with van der Waals surface area (Å²) in [6.45, 7) is 0. The van der Waals surface area contributed by atoms with Crippen molar-refractivity contribution in [2.75, 3.05) is 0 Å². The number of aromatic nitrogens is 3. The van der Waals surface area contributed by atoms with Crippen LogP contribution in [0.5, 0.6) is 0 Å². The smallest absolute Gasteiger partial charge is 0.164 e. The maximum Gasteiger partial charge on any atom is 0.164 e. The Morgan fingerprint density at radius 2 is 0.847 bits per heavy atom. The minimum atomic E-state index is 0.617. The van der Waals surface area contributed by atoms with Gasteiger partial charge in [-0.05, 0) is 90.3 Å². The average molecular weight is 752 g/mol. The maximum absolute atomic E-state index is 6.32. The third-order valence-corrected chi connectivity index (χ3v) is 11.7. The summed E-state index contributed by atoms with van der Waals surface area (Å²) in [6, 6.07) is 70.5. The Bertz CT molecular complexity index is 3620. The number of para-hydroxylation sites is 1. The van der Waals surface area contributed by atoms with Crippen molar-refractivity contribution in [3.8, 4) is 56.4 Å². The lowest BCUT2D eigenvalue weighted by Gasteiger charge is -2.13. The average Bonchev–Trinajstić information content (AvgIpc) is 3.70. The number of furan rings is 1. The highest BCUT2D eigenvalue weighted by Gasteiger charge is 2.18. The van der Waals surface area contributed by atoms with E-state index in [1.54, 1.807) is 0 Å². The molecule has 0 amide bonds. The summed E-state index contributed by atoms with van der Waals surface area (Å²) in [6.07, 6.45) is 0. The molecule has 0 aliphatic carbocycles. The summed E-state index contributed by atoms with van der Waals surface area (Å²) < 4.78 is 6.32. The van der Waals surface area contributed by atoms with Gasteiger partial charge in [0.15, 0.2) is 17.5 Å². The molecule has 0 bridgehead atoms. The minimum absolute atomic E-state index is 0.617. The zero-order valence-corrected chi connectivity index (χ0v) is 31.8. The lowest BCUT2D eigenvalue weighted by atomic mass is 9.94. The fourth-order valence-corrected chi connectivity index (χ4v) is 8.83. The van der Waals surface area contributed by atoms with Gasteiger partial charge < -0.3 is 4.42 Å². The molecule has 274 valence electrons. The Hall–Kier alpha value is -7.95. The highest BCUT2D eigenvalue weighted by Crippen LogP contribution is 2.40. The van der Waals surface area contributed by atoms with Gasteiger partial charge in [0.05, 0.1) is 0 Å². The summed E-state index contributed by atoms with van der Waals surface area (Å²) >= 11 is 0. The molecule has 0 atom stereocenters. The van der Waals surface area contributed by atoms with Gasteiger partial charge in [0.2, 0.25) is 0 Å². The Balaban J connectivity index is 1.04. The van der Waals surface area contributed by atoms with E-state index in [2.05, 4.69) is 182 Å². The molecule has 0 saturated heterocycles. The first-order valence-electron chi connectivity index (χ1n) is 19.9. The summed E-state index contributed by atoms with van der Waals surface area (Å²) in [5.74, 6) is 1.87. The lowest BCUT2D eigenvalue weighted by molar-refractivity contribution is 0.669. The predicted molar refractivity (Wildman–Crippen MR) is 244 cm³/mol. The summed E-state index contributed by atoms with van der Waals surface area (Å²) in [5, 5.41) is 11.8. The van der Waals surface area contributed by atoms with Gasteiger partial charge in [0, 0.05) is 32.8 Å². The van der Waals surface area contributed by atoms with Crippen molar-refractivity contribution >= 4 is 65.0 Å². The molecule has 4 nitrogen and oxygen atoms in total. The van der Waals surface area contributed by atoms with Crippen molar-refractivity contribution in [3.05, 3.63) is 200 Å². The number of benzene rings is 10. The Morgan fingerprint density at radius 3 is 1.73 bits per heavy atom. The molecule has 4 heteroatoms. The third-order valence-electron chi connectivity index (χ3n) is 11.7. The topological polar surface area (TPSA) is 51.8 Å². The second kappa shape index (κ2) is 13.3. The first-order chi connectivity index (χ1) is 29.2. The molecule has 0 radical (unpaired) electrons. The van der Waals surface area contributed by atoms with Crippen LogP contribution in [-0.4, -0.2) is 15.0 Å². The van der Waals surface area contributed by atoms with Crippen LogP contribution < -0.4 is 0 Å². The summed E-state index contributed by atoms with van der Waals surface area (Å²) in [5.41, 5.74) is 8.96. The van der Waals surface area contributed by atoms with E-state index in [1.165, 1.54) is 37.7 Å². The van der Waals surface area contributed by atoms with E-state index in [4.69, 9.17) is 19.4 Å². The van der Waals surface area contributed by atoms with E-state index in [-0.39, 0.29) is 0 Å². The molecule has 0 saturated carbocycles. The van der Waals surface area contributed by atoms with Crippen molar-refractivity contribution in [1.29, 1.82) is 0 Å². The molecule has 0 aliphatic rings. The molecule has 0 fully saturated rings. The number of hydrogen-bond acceptors (Lipinski definition) is 4. The fraction of sp³-hybridized carbons (Fsp3) is 0. The highest BCUT2D eigenvalue weighted by atomic mass is 16.3. The van der Waals surface area contributed by atoms with Crippen LogP contribution in [0.2, 0.25) is 0 Å². The third kappa shape index (κ3) is 5.57. The number of fused-ring (bicyclic) bond motifs is 10. The van der Waals surface area contributed by atoms with Crippen molar-refractivity contribution in [1.82, 2.24) is 15.0 Å². The molecule has 0 spiro atoms. The van der Waals surface area contributed by atoms with E-state index in [9.17, 15) is 0 Å². The van der Waals surface area contributed by atoms with Crippen LogP contribution in [0, 0.1) is 0 Å². The van der Waals surface area contributed by atoms with Crippen LogP contribution in [0.25, 0.3) is 121 Å². The van der Waals surface area contributed by atoms with Crippen LogP contribution >= 0.6 is 0 Å². The monoisotopic (exact) mass is 751 g/mol. The van der Waals surface area contributed by atoms with Crippen molar-refractivity contribution in [2.45, 2.75) is 0 Å². The van der Waals surface area contributed by atoms with E-state index in [1.807, 2.05) is 18.2 Å². The van der Waals surface area contributed by atoms with Gasteiger partial charge in [-0.1, -0.05) is 170 Å². The lowest BCUT2D eigenvalue weighted by Crippen LogP contribution is -2.01. The van der Waals surface area contributed by atoms with Gasteiger partial charge >= 0.3 is 0 Å². The van der Waals surface area contributed by atoms with Crippen LogP contribution in [0.1, 0.15) is 0 Å². The second-order valence-corrected chi connectivity index (χ2v) is 15.2. The van der Waals surface area contributed by atoms with Gasteiger partial charge in [0.1, 0.15) is 11.2 Å².